The number of hydrogen-bond donors (Lipinski definition) is 2. The largest absolute Gasteiger partial charge is 0.397 e. The normalized spacial score (nSPS) is 15.2. The van der Waals surface area contributed by atoms with E-state index < -0.39 is 5.91 Å². The van der Waals surface area contributed by atoms with Crippen LogP contribution in [0.5, 0.6) is 0 Å². The minimum absolute atomic E-state index is 0.0494. The Morgan fingerprint density at radius 2 is 1.95 bits per heavy atom. The van der Waals surface area contributed by atoms with Crippen molar-refractivity contribution >= 4 is 29.1 Å². The molecule has 0 unspecified atom stereocenters. The third kappa shape index (κ3) is 3.04. The van der Waals surface area contributed by atoms with Crippen molar-refractivity contribution in [3.8, 4) is 0 Å². The molecule has 1 aliphatic carbocycles. The average Bonchev–Trinajstić information content (AvgIpc) is 2.92. The Balaban J connectivity index is 2.29. The number of amides is 2. The highest BCUT2D eigenvalue weighted by molar-refractivity contribution is 6.33. The second-order valence-corrected chi connectivity index (χ2v) is 5.45. The Labute approximate surface area is 122 Å². The first kappa shape index (κ1) is 14.7. The molecule has 1 aliphatic rings. The maximum Gasteiger partial charge on any atom is 0.256 e. The van der Waals surface area contributed by atoms with E-state index in [1.165, 1.54) is 4.90 Å². The molecule has 5 nitrogen and oxygen atoms in total. The summed E-state index contributed by atoms with van der Waals surface area (Å²) in [5.41, 5.74) is 11.7. The molecule has 6 heteroatoms. The van der Waals surface area contributed by atoms with Crippen LogP contribution in [0.25, 0.3) is 0 Å². The summed E-state index contributed by atoms with van der Waals surface area (Å²) < 4.78 is 0. The first-order valence-electron chi connectivity index (χ1n) is 6.64. The van der Waals surface area contributed by atoms with Crippen LogP contribution in [-0.2, 0) is 4.79 Å². The van der Waals surface area contributed by atoms with Gasteiger partial charge in [0.25, 0.3) is 5.91 Å². The van der Waals surface area contributed by atoms with E-state index in [2.05, 4.69) is 0 Å². The number of carbonyl (C=O) groups is 2. The number of rotatable bonds is 4. The number of halogens is 1. The molecule has 2 rings (SSSR count). The van der Waals surface area contributed by atoms with Crippen molar-refractivity contribution in [2.45, 2.75) is 31.7 Å². The molecule has 0 spiro atoms. The molecule has 4 N–H and O–H groups in total. The molecular weight excluding hydrogens is 278 g/mol. The third-order valence-electron chi connectivity index (χ3n) is 3.64. The molecule has 20 heavy (non-hydrogen) atoms. The lowest BCUT2D eigenvalue weighted by molar-refractivity contribution is -0.119. The monoisotopic (exact) mass is 295 g/mol. The van der Waals surface area contributed by atoms with Crippen LogP contribution in [0.4, 0.5) is 5.69 Å². The van der Waals surface area contributed by atoms with Crippen LogP contribution >= 0.6 is 11.6 Å². The molecule has 0 radical (unpaired) electrons. The number of nitrogens with two attached hydrogens (primary N) is 2. The molecule has 0 heterocycles. The van der Waals surface area contributed by atoms with Crippen LogP contribution in [0.2, 0.25) is 5.02 Å². The summed E-state index contributed by atoms with van der Waals surface area (Å²) in [6, 6.07) is 4.96. The fourth-order valence-corrected chi connectivity index (χ4v) is 2.80. The average molecular weight is 296 g/mol. The number of nitrogen functional groups attached to an aromatic ring is 1. The quantitative estimate of drug-likeness (QED) is 0.830. The summed E-state index contributed by atoms with van der Waals surface area (Å²) >= 11 is 5.94. The fourth-order valence-electron chi connectivity index (χ4n) is 2.63. The maximum atomic E-state index is 12.6. The number of para-hydroxylation sites is 1. The van der Waals surface area contributed by atoms with Gasteiger partial charge < -0.3 is 16.4 Å². The lowest BCUT2D eigenvalue weighted by Gasteiger charge is -2.28. The van der Waals surface area contributed by atoms with Crippen LogP contribution in [0.15, 0.2) is 18.2 Å². The van der Waals surface area contributed by atoms with Gasteiger partial charge in [0.2, 0.25) is 5.91 Å². The smallest absolute Gasteiger partial charge is 0.256 e. The van der Waals surface area contributed by atoms with E-state index in [0.29, 0.717) is 10.6 Å². The van der Waals surface area contributed by atoms with E-state index in [1.54, 1.807) is 18.2 Å². The summed E-state index contributed by atoms with van der Waals surface area (Å²) in [5, 5.41) is 0.335. The molecule has 0 bridgehead atoms. The third-order valence-corrected chi connectivity index (χ3v) is 3.97. The number of benzene rings is 1. The highest BCUT2D eigenvalue weighted by Crippen LogP contribution is 2.28. The molecule has 2 amide bonds. The summed E-state index contributed by atoms with van der Waals surface area (Å²) in [4.78, 5) is 25.4. The predicted molar refractivity (Wildman–Crippen MR) is 78.4 cm³/mol. The van der Waals surface area contributed by atoms with Gasteiger partial charge >= 0.3 is 0 Å². The topological polar surface area (TPSA) is 89.4 Å². The first-order chi connectivity index (χ1) is 9.50. The van der Waals surface area contributed by atoms with Crippen molar-refractivity contribution < 1.29 is 9.59 Å². The molecule has 0 aromatic heterocycles. The van der Waals surface area contributed by atoms with E-state index in [1.807, 2.05) is 0 Å². The van der Waals surface area contributed by atoms with Crippen molar-refractivity contribution in [3.63, 3.8) is 0 Å². The van der Waals surface area contributed by atoms with Gasteiger partial charge in [-0.2, -0.15) is 0 Å². The van der Waals surface area contributed by atoms with Crippen LogP contribution in [0.3, 0.4) is 0 Å². The van der Waals surface area contributed by atoms with Crippen LogP contribution in [-0.4, -0.2) is 29.3 Å². The Hall–Kier alpha value is -1.75. The molecule has 1 aromatic carbocycles. The fraction of sp³-hybridized carbons (Fsp3) is 0.429. The Morgan fingerprint density at radius 1 is 1.30 bits per heavy atom. The molecule has 1 aromatic rings. The Bertz CT molecular complexity index is 527. The van der Waals surface area contributed by atoms with E-state index in [9.17, 15) is 9.59 Å². The highest BCUT2D eigenvalue weighted by atomic mass is 35.5. The van der Waals surface area contributed by atoms with E-state index >= 15 is 0 Å². The summed E-state index contributed by atoms with van der Waals surface area (Å²) in [7, 11) is 0. The van der Waals surface area contributed by atoms with Crippen LogP contribution in [0.1, 0.15) is 36.0 Å². The summed E-state index contributed by atoms with van der Waals surface area (Å²) in [6.07, 6.45) is 3.88. The number of anilines is 1. The number of primary amides is 1. The summed E-state index contributed by atoms with van der Waals surface area (Å²) in [6.45, 7) is -0.0878. The second-order valence-electron chi connectivity index (χ2n) is 5.04. The zero-order valence-electron chi connectivity index (χ0n) is 11.1. The molecule has 108 valence electrons. The van der Waals surface area contributed by atoms with Gasteiger partial charge in [-0.05, 0) is 25.0 Å². The van der Waals surface area contributed by atoms with Crippen LogP contribution < -0.4 is 11.5 Å². The molecular formula is C14H18ClN3O2. The van der Waals surface area contributed by atoms with Gasteiger partial charge in [0.05, 0.1) is 22.8 Å². The van der Waals surface area contributed by atoms with Gasteiger partial charge in [0.15, 0.2) is 0 Å². The van der Waals surface area contributed by atoms with Gasteiger partial charge in [-0.3, -0.25) is 9.59 Å². The SMILES string of the molecule is NC(=O)CN(C(=O)c1cccc(Cl)c1N)C1CCCC1. The zero-order valence-corrected chi connectivity index (χ0v) is 11.9. The molecule has 1 fully saturated rings. The molecule has 1 saturated carbocycles. The van der Waals surface area contributed by atoms with Gasteiger partial charge in [-0.1, -0.05) is 30.5 Å². The number of carbonyl (C=O) groups excluding carboxylic acids is 2. The highest BCUT2D eigenvalue weighted by Gasteiger charge is 2.29. The minimum atomic E-state index is -0.522. The lowest BCUT2D eigenvalue weighted by atomic mass is 10.1. The van der Waals surface area contributed by atoms with Gasteiger partial charge in [-0.25, -0.2) is 0 Å². The number of nitrogens with zero attached hydrogens (tertiary/aromatic N) is 1. The molecule has 0 atom stereocenters. The predicted octanol–water partition coefficient (Wildman–Crippen LogP) is 1.79. The van der Waals surface area contributed by atoms with Crippen molar-refractivity contribution in [3.05, 3.63) is 28.8 Å². The Morgan fingerprint density at radius 3 is 2.55 bits per heavy atom. The second kappa shape index (κ2) is 6.13. The van der Waals surface area contributed by atoms with E-state index in [0.717, 1.165) is 25.7 Å². The van der Waals surface area contributed by atoms with Crippen molar-refractivity contribution in [2.24, 2.45) is 5.73 Å². The van der Waals surface area contributed by atoms with Gasteiger partial charge in [0.1, 0.15) is 0 Å². The van der Waals surface area contributed by atoms with Gasteiger partial charge in [-0.15, -0.1) is 0 Å². The van der Waals surface area contributed by atoms with Crippen LogP contribution in [0, 0.1) is 0 Å². The maximum absolute atomic E-state index is 12.6. The zero-order chi connectivity index (χ0) is 14.7. The first-order valence-corrected chi connectivity index (χ1v) is 7.01. The van der Waals surface area contributed by atoms with Crippen molar-refractivity contribution in [2.75, 3.05) is 12.3 Å². The van der Waals surface area contributed by atoms with E-state index in [4.69, 9.17) is 23.1 Å². The molecule has 0 saturated heterocycles. The molecule has 0 aliphatic heterocycles. The Kier molecular flexibility index (Phi) is 4.49. The number of hydrogen-bond acceptors (Lipinski definition) is 3. The minimum Gasteiger partial charge on any atom is -0.397 e. The van der Waals surface area contributed by atoms with Crippen molar-refractivity contribution in [1.29, 1.82) is 0 Å². The summed E-state index contributed by atoms with van der Waals surface area (Å²) in [5.74, 6) is -0.804. The van der Waals surface area contributed by atoms with Gasteiger partial charge in [0, 0.05) is 6.04 Å². The van der Waals surface area contributed by atoms with E-state index in [-0.39, 0.29) is 24.2 Å². The standard InChI is InChI=1S/C14H18ClN3O2/c15-11-7-3-6-10(13(11)17)14(20)18(8-12(16)19)9-4-1-2-5-9/h3,6-7,9H,1-2,4-5,8,17H2,(H2,16,19). The lowest BCUT2D eigenvalue weighted by Crippen LogP contribution is -2.44. The van der Waals surface area contributed by atoms with Crippen molar-refractivity contribution in [1.82, 2.24) is 4.90 Å².